The van der Waals surface area contributed by atoms with Crippen LogP contribution in [0.25, 0.3) is 0 Å². The van der Waals surface area contributed by atoms with Crippen molar-refractivity contribution in [2.45, 2.75) is 50.6 Å². The van der Waals surface area contributed by atoms with Gasteiger partial charge in [-0.05, 0) is 12.8 Å². The zero-order chi connectivity index (χ0) is 11.1. The van der Waals surface area contributed by atoms with Gasteiger partial charge in [0.25, 0.3) is 0 Å². The fraction of sp³-hybridized carbons (Fsp3) is 0.909. The van der Waals surface area contributed by atoms with Crippen molar-refractivity contribution in [3.63, 3.8) is 0 Å². The first-order chi connectivity index (χ1) is 7.10. The fourth-order valence-electron chi connectivity index (χ4n) is 2.72. The summed E-state index contributed by atoms with van der Waals surface area (Å²) in [5.41, 5.74) is -0.975. The van der Waals surface area contributed by atoms with Crippen molar-refractivity contribution in [1.82, 2.24) is 0 Å². The third-order valence-electron chi connectivity index (χ3n) is 3.46. The van der Waals surface area contributed by atoms with Crippen LogP contribution >= 0.6 is 0 Å². The van der Waals surface area contributed by atoms with Crippen LogP contribution in [0.3, 0.4) is 0 Å². The van der Waals surface area contributed by atoms with Crippen LogP contribution in [0, 0.1) is 5.92 Å². The van der Waals surface area contributed by atoms with Crippen LogP contribution in [0.2, 0.25) is 0 Å². The molecular weight excluding hydrogens is 196 g/mol. The first-order valence-electron chi connectivity index (χ1n) is 5.55. The number of ketones is 1. The average Bonchev–Trinajstić information content (AvgIpc) is 2.63. The van der Waals surface area contributed by atoms with Gasteiger partial charge in [-0.1, -0.05) is 13.3 Å². The summed E-state index contributed by atoms with van der Waals surface area (Å²) in [4.78, 5) is 11.9. The topological polar surface area (TPSA) is 55.8 Å². The minimum Gasteiger partial charge on any atom is -0.386 e. The van der Waals surface area contributed by atoms with Crippen LogP contribution in [0.4, 0.5) is 0 Å². The highest BCUT2D eigenvalue weighted by Crippen LogP contribution is 2.44. The SMILES string of the molecule is CCCC1C[C@]2(O)CC(OC)O[C@@H]2C1=O. The maximum absolute atomic E-state index is 11.9. The summed E-state index contributed by atoms with van der Waals surface area (Å²) < 4.78 is 10.4. The summed E-state index contributed by atoms with van der Waals surface area (Å²) in [7, 11) is 1.53. The molecule has 0 radical (unpaired) electrons. The molecule has 1 saturated carbocycles. The summed E-state index contributed by atoms with van der Waals surface area (Å²) in [6, 6.07) is 0. The summed E-state index contributed by atoms with van der Waals surface area (Å²) >= 11 is 0. The van der Waals surface area contributed by atoms with E-state index < -0.39 is 18.0 Å². The quantitative estimate of drug-likeness (QED) is 0.757. The van der Waals surface area contributed by atoms with Crippen molar-refractivity contribution in [2.24, 2.45) is 5.92 Å². The smallest absolute Gasteiger partial charge is 0.167 e. The van der Waals surface area contributed by atoms with Gasteiger partial charge in [-0.25, -0.2) is 0 Å². The molecule has 1 aliphatic carbocycles. The fourth-order valence-corrected chi connectivity index (χ4v) is 2.72. The van der Waals surface area contributed by atoms with Crippen LogP contribution in [-0.2, 0) is 14.3 Å². The zero-order valence-electron chi connectivity index (χ0n) is 9.23. The molecule has 4 atom stereocenters. The highest BCUT2D eigenvalue weighted by molar-refractivity contribution is 5.89. The second-order valence-electron chi connectivity index (χ2n) is 4.58. The largest absolute Gasteiger partial charge is 0.386 e. The maximum atomic E-state index is 11.9. The Morgan fingerprint density at radius 3 is 2.87 bits per heavy atom. The molecule has 4 nitrogen and oxygen atoms in total. The number of hydrogen-bond donors (Lipinski definition) is 1. The van der Waals surface area contributed by atoms with E-state index in [0.29, 0.717) is 12.8 Å². The van der Waals surface area contributed by atoms with Crippen molar-refractivity contribution < 1.29 is 19.4 Å². The molecule has 0 spiro atoms. The van der Waals surface area contributed by atoms with Gasteiger partial charge in [0.05, 0.1) is 0 Å². The Hall–Kier alpha value is -0.450. The van der Waals surface area contributed by atoms with E-state index in [2.05, 4.69) is 0 Å². The molecule has 2 unspecified atom stereocenters. The van der Waals surface area contributed by atoms with E-state index in [1.165, 1.54) is 7.11 Å². The molecule has 15 heavy (non-hydrogen) atoms. The first-order valence-corrected chi connectivity index (χ1v) is 5.55. The van der Waals surface area contributed by atoms with Crippen LogP contribution in [0.1, 0.15) is 32.6 Å². The van der Waals surface area contributed by atoms with Gasteiger partial charge in [-0.3, -0.25) is 4.79 Å². The molecule has 0 bridgehead atoms. The van der Waals surface area contributed by atoms with Crippen molar-refractivity contribution in [2.75, 3.05) is 7.11 Å². The van der Waals surface area contributed by atoms with E-state index in [1.807, 2.05) is 6.92 Å². The lowest BCUT2D eigenvalue weighted by Crippen LogP contribution is -2.35. The summed E-state index contributed by atoms with van der Waals surface area (Å²) in [6.45, 7) is 2.05. The van der Waals surface area contributed by atoms with E-state index >= 15 is 0 Å². The third-order valence-corrected chi connectivity index (χ3v) is 3.46. The molecule has 0 aromatic heterocycles. The Morgan fingerprint density at radius 2 is 2.33 bits per heavy atom. The Morgan fingerprint density at radius 1 is 1.60 bits per heavy atom. The van der Waals surface area contributed by atoms with E-state index in [0.717, 1.165) is 12.8 Å². The number of methoxy groups -OCH3 is 1. The Balaban J connectivity index is 2.09. The number of ether oxygens (including phenoxy) is 2. The van der Waals surface area contributed by atoms with E-state index in [4.69, 9.17) is 9.47 Å². The Labute approximate surface area is 89.6 Å². The van der Waals surface area contributed by atoms with Crippen LogP contribution in [-0.4, -0.2) is 36.0 Å². The molecule has 0 aromatic rings. The molecule has 1 heterocycles. The number of carbonyl (C=O) groups is 1. The van der Waals surface area contributed by atoms with Crippen molar-refractivity contribution in [3.05, 3.63) is 0 Å². The predicted molar refractivity (Wildman–Crippen MR) is 53.3 cm³/mol. The highest BCUT2D eigenvalue weighted by Gasteiger charge is 2.58. The second kappa shape index (κ2) is 3.85. The van der Waals surface area contributed by atoms with Crippen molar-refractivity contribution >= 4 is 5.78 Å². The summed E-state index contributed by atoms with van der Waals surface area (Å²) in [6.07, 6.45) is 1.68. The number of Topliss-reactive ketones (excluding diaryl/α,β-unsaturated/α-hetero) is 1. The van der Waals surface area contributed by atoms with Gasteiger partial charge in [0, 0.05) is 19.4 Å². The minimum atomic E-state index is -0.975. The van der Waals surface area contributed by atoms with E-state index in [9.17, 15) is 9.90 Å². The third kappa shape index (κ3) is 1.71. The van der Waals surface area contributed by atoms with E-state index in [-0.39, 0.29) is 11.7 Å². The molecule has 2 rings (SSSR count). The predicted octanol–water partition coefficient (Wildman–Crippen LogP) is 0.868. The van der Waals surface area contributed by atoms with Gasteiger partial charge in [0.2, 0.25) is 0 Å². The molecule has 2 aliphatic rings. The van der Waals surface area contributed by atoms with Gasteiger partial charge >= 0.3 is 0 Å². The van der Waals surface area contributed by atoms with Crippen LogP contribution < -0.4 is 0 Å². The van der Waals surface area contributed by atoms with Gasteiger partial charge in [-0.15, -0.1) is 0 Å². The van der Waals surface area contributed by atoms with Gasteiger partial charge in [-0.2, -0.15) is 0 Å². The van der Waals surface area contributed by atoms with Crippen molar-refractivity contribution in [3.8, 4) is 0 Å². The number of fused-ring (bicyclic) bond motifs is 1. The maximum Gasteiger partial charge on any atom is 0.167 e. The highest BCUT2D eigenvalue weighted by atomic mass is 16.7. The number of aliphatic hydroxyl groups is 1. The molecule has 0 aromatic carbocycles. The molecule has 1 aliphatic heterocycles. The standard InChI is InChI=1S/C11H18O4/c1-3-4-7-5-11(13)6-8(14-2)15-10(11)9(7)12/h7-8,10,13H,3-6H2,1-2H3/t7?,8?,10-,11+/m1/s1. The second-order valence-corrected chi connectivity index (χ2v) is 4.58. The average molecular weight is 214 g/mol. The number of carbonyl (C=O) groups excluding carboxylic acids is 1. The van der Waals surface area contributed by atoms with Gasteiger partial charge in [0.1, 0.15) is 11.7 Å². The lowest BCUT2D eigenvalue weighted by molar-refractivity contribution is -0.149. The van der Waals surface area contributed by atoms with Crippen molar-refractivity contribution in [1.29, 1.82) is 0 Å². The van der Waals surface area contributed by atoms with Crippen LogP contribution in [0.15, 0.2) is 0 Å². The van der Waals surface area contributed by atoms with E-state index in [1.54, 1.807) is 0 Å². The van der Waals surface area contributed by atoms with Crippen LogP contribution in [0.5, 0.6) is 0 Å². The lowest BCUT2D eigenvalue weighted by Gasteiger charge is -2.18. The van der Waals surface area contributed by atoms with Gasteiger partial charge in [0.15, 0.2) is 12.1 Å². The minimum absolute atomic E-state index is 0.0252. The monoisotopic (exact) mass is 214 g/mol. The Bertz CT molecular complexity index is 265. The molecule has 1 saturated heterocycles. The number of hydrogen-bond acceptors (Lipinski definition) is 4. The molecule has 4 heteroatoms. The Kier molecular flexibility index (Phi) is 2.83. The zero-order valence-corrected chi connectivity index (χ0v) is 9.23. The molecule has 86 valence electrons. The molecule has 0 amide bonds. The lowest BCUT2D eigenvalue weighted by atomic mass is 9.95. The number of rotatable bonds is 3. The van der Waals surface area contributed by atoms with Gasteiger partial charge < -0.3 is 14.6 Å². The summed E-state index contributed by atoms with van der Waals surface area (Å²) in [5, 5.41) is 10.3. The normalized spacial score (nSPS) is 44.7. The molecular formula is C11H18O4. The molecule has 2 fully saturated rings. The summed E-state index contributed by atoms with van der Waals surface area (Å²) in [5.74, 6) is 0.0294. The molecule has 1 N–H and O–H groups in total. The first kappa shape index (κ1) is 11.0.